The fraction of sp³-hybridized carbons (Fsp3) is 0.636. The smallest absolute Gasteiger partial charge is 0.213 e. The molecule has 1 atom stereocenters. The summed E-state index contributed by atoms with van der Waals surface area (Å²) >= 11 is 1.58. The lowest BCUT2D eigenvalue weighted by Gasteiger charge is -2.21. The van der Waals surface area contributed by atoms with E-state index in [2.05, 4.69) is 10.0 Å². The van der Waals surface area contributed by atoms with Crippen molar-refractivity contribution in [3.8, 4) is 0 Å². The molecule has 1 heterocycles. The molecule has 1 rings (SSSR count). The van der Waals surface area contributed by atoms with Gasteiger partial charge in [-0.3, -0.25) is 0 Å². The predicted octanol–water partition coefficient (Wildman–Crippen LogP) is 1.58. The number of rotatable bonds is 7. The Morgan fingerprint density at radius 1 is 1.41 bits per heavy atom. The van der Waals surface area contributed by atoms with Crippen LogP contribution in [0.2, 0.25) is 0 Å². The molecule has 0 aliphatic heterocycles. The molecule has 0 amide bonds. The SMILES string of the molecule is CNCCS(=O)(=O)NC(c1cccs1)C(C)C. The van der Waals surface area contributed by atoms with Crippen LogP contribution in [0.3, 0.4) is 0 Å². The van der Waals surface area contributed by atoms with Crippen molar-refractivity contribution in [1.29, 1.82) is 0 Å². The summed E-state index contributed by atoms with van der Waals surface area (Å²) in [7, 11) is -1.48. The maximum atomic E-state index is 11.9. The van der Waals surface area contributed by atoms with Gasteiger partial charge in [-0.05, 0) is 24.4 Å². The molecule has 0 saturated carbocycles. The van der Waals surface area contributed by atoms with Crippen LogP contribution in [0.5, 0.6) is 0 Å². The third-order valence-electron chi connectivity index (χ3n) is 2.44. The van der Waals surface area contributed by atoms with Gasteiger partial charge in [0.05, 0.1) is 11.8 Å². The topological polar surface area (TPSA) is 58.2 Å². The molecule has 0 aromatic carbocycles. The van der Waals surface area contributed by atoms with Crippen molar-refractivity contribution in [1.82, 2.24) is 10.0 Å². The molecule has 2 N–H and O–H groups in total. The Kier molecular flexibility index (Phi) is 5.58. The summed E-state index contributed by atoms with van der Waals surface area (Å²) in [5.41, 5.74) is 0. The van der Waals surface area contributed by atoms with Crippen molar-refractivity contribution in [2.24, 2.45) is 5.92 Å². The molecule has 0 fully saturated rings. The molecule has 1 aromatic heterocycles. The first kappa shape index (κ1) is 14.6. The maximum absolute atomic E-state index is 11.9. The van der Waals surface area contributed by atoms with E-state index < -0.39 is 10.0 Å². The van der Waals surface area contributed by atoms with E-state index in [0.717, 1.165) is 4.88 Å². The lowest BCUT2D eigenvalue weighted by atomic mass is 10.0. The van der Waals surface area contributed by atoms with Gasteiger partial charge in [-0.1, -0.05) is 19.9 Å². The normalized spacial score (nSPS) is 14.1. The lowest BCUT2D eigenvalue weighted by molar-refractivity contribution is 0.468. The minimum atomic E-state index is -3.22. The van der Waals surface area contributed by atoms with E-state index in [9.17, 15) is 8.42 Å². The van der Waals surface area contributed by atoms with Gasteiger partial charge in [0.2, 0.25) is 10.0 Å². The molecule has 0 aliphatic carbocycles. The molecule has 1 unspecified atom stereocenters. The van der Waals surface area contributed by atoms with E-state index in [0.29, 0.717) is 6.54 Å². The third kappa shape index (κ3) is 4.75. The monoisotopic (exact) mass is 276 g/mol. The largest absolute Gasteiger partial charge is 0.319 e. The second kappa shape index (κ2) is 6.49. The van der Waals surface area contributed by atoms with Gasteiger partial charge in [-0.15, -0.1) is 11.3 Å². The number of sulfonamides is 1. The molecule has 98 valence electrons. The third-order valence-corrected chi connectivity index (χ3v) is 4.75. The van der Waals surface area contributed by atoms with Gasteiger partial charge in [0.25, 0.3) is 0 Å². The first-order valence-corrected chi connectivity index (χ1v) is 8.17. The van der Waals surface area contributed by atoms with Crippen LogP contribution >= 0.6 is 11.3 Å². The van der Waals surface area contributed by atoms with Crippen LogP contribution < -0.4 is 10.0 Å². The first-order chi connectivity index (χ1) is 7.96. The average Bonchev–Trinajstić information content (AvgIpc) is 2.76. The quantitative estimate of drug-likeness (QED) is 0.795. The Bertz CT molecular complexity index is 413. The van der Waals surface area contributed by atoms with Crippen LogP contribution in [-0.2, 0) is 10.0 Å². The van der Waals surface area contributed by atoms with Crippen LogP contribution in [0.4, 0.5) is 0 Å². The Morgan fingerprint density at radius 2 is 2.12 bits per heavy atom. The van der Waals surface area contributed by atoms with Crippen molar-refractivity contribution in [2.45, 2.75) is 19.9 Å². The molecule has 6 heteroatoms. The number of nitrogens with one attached hydrogen (secondary N) is 2. The molecule has 0 aliphatic rings. The van der Waals surface area contributed by atoms with E-state index >= 15 is 0 Å². The average molecular weight is 276 g/mol. The molecular formula is C11H20N2O2S2. The van der Waals surface area contributed by atoms with Gasteiger partial charge in [0.15, 0.2) is 0 Å². The van der Waals surface area contributed by atoms with E-state index in [1.54, 1.807) is 18.4 Å². The Labute approximate surface area is 107 Å². The van der Waals surface area contributed by atoms with Gasteiger partial charge in [-0.25, -0.2) is 13.1 Å². The highest BCUT2D eigenvalue weighted by Crippen LogP contribution is 2.26. The predicted molar refractivity (Wildman–Crippen MR) is 72.7 cm³/mol. The van der Waals surface area contributed by atoms with E-state index in [1.165, 1.54) is 0 Å². The highest BCUT2D eigenvalue weighted by molar-refractivity contribution is 7.89. The summed E-state index contributed by atoms with van der Waals surface area (Å²) in [6, 6.07) is 3.78. The Balaban J connectivity index is 2.75. The summed E-state index contributed by atoms with van der Waals surface area (Å²) in [6.45, 7) is 4.50. The number of thiophene rings is 1. The van der Waals surface area contributed by atoms with Crippen molar-refractivity contribution in [3.05, 3.63) is 22.4 Å². The summed E-state index contributed by atoms with van der Waals surface area (Å²) in [5.74, 6) is 0.343. The Morgan fingerprint density at radius 3 is 2.59 bits per heavy atom. The fourth-order valence-electron chi connectivity index (χ4n) is 1.48. The second-order valence-electron chi connectivity index (χ2n) is 4.28. The van der Waals surface area contributed by atoms with E-state index in [1.807, 2.05) is 31.4 Å². The van der Waals surface area contributed by atoms with Crippen molar-refractivity contribution in [2.75, 3.05) is 19.3 Å². The maximum Gasteiger partial charge on any atom is 0.213 e. The van der Waals surface area contributed by atoms with E-state index in [4.69, 9.17) is 0 Å². The first-order valence-electron chi connectivity index (χ1n) is 5.64. The zero-order valence-corrected chi connectivity index (χ0v) is 12.1. The van der Waals surface area contributed by atoms with Gasteiger partial charge in [0, 0.05) is 11.4 Å². The van der Waals surface area contributed by atoms with Crippen LogP contribution in [0.15, 0.2) is 17.5 Å². The van der Waals surface area contributed by atoms with Gasteiger partial charge in [0.1, 0.15) is 0 Å². The standard InChI is InChI=1S/C11H20N2O2S2/c1-9(2)11(10-5-4-7-16-10)13-17(14,15)8-6-12-3/h4-5,7,9,11-13H,6,8H2,1-3H3. The molecule has 4 nitrogen and oxygen atoms in total. The summed E-state index contributed by atoms with van der Waals surface area (Å²) in [5, 5.41) is 4.81. The zero-order valence-electron chi connectivity index (χ0n) is 10.4. The molecule has 17 heavy (non-hydrogen) atoms. The summed E-state index contributed by atoms with van der Waals surface area (Å²) < 4.78 is 26.5. The summed E-state index contributed by atoms with van der Waals surface area (Å²) in [4.78, 5) is 1.06. The highest BCUT2D eigenvalue weighted by atomic mass is 32.2. The van der Waals surface area contributed by atoms with Crippen LogP contribution in [0.1, 0.15) is 24.8 Å². The van der Waals surface area contributed by atoms with Gasteiger partial charge < -0.3 is 5.32 Å². The molecule has 0 bridgehead atoms. The molecular weight excluding hydrogens is 256 g/mol. The van der Waals surface area contributed by atoms with Gasteiger partial charge in [-0.2, -0.15) is 0 Å². The van der Waals surface area contributed by atoms with Crippen molar-refractivity contribution < 1.29 is 8.42 Å². The molecule has 0 spiro atoms. The molecule has 1 aromatic rings. The lowest BCUT2D eigenvalue weighted by Crippen LogP contribution is -2.35. The molecule has 0 radical (unpaired) electrons. The Hall–Kier alpha value is -0.430. The summed E-state index contributed by atoms with van der Waals surface area (Å²) in [6.07, 6.45) is 0. The minimum absolute atomic E-state index is 0.109. The zero-order chi connectivity index (χ0) is 12.9. The fourth-order valence-corrected chi connectivity index (χ4v) is 3.88. The van der Waals surface area contributed by atoms with Crippen LogP contribution in [0.25, 0.3) is 0 Å². The number of hydrogen-bond acceptors (Lipinski definition) is 4. The van der Waals surface area contributed by atoms with Gasteiger partial charge >= 0.3 is 0 Å². The highest BCUT2D eigenvalue weighted by Gasteiger charge is 2.22. The second-order valence-corrected chi connectivity index (χ2v) is 7.13. The van der Waals surface area contributed by atoms with Crippen molar-refractivity contribution in [3.63, 3.8) is 0 Å². The molecule has 0 saturated heterocycles. The van der Waals surface area contributed by atoms with Crippen LogP contribution in [0, 0.1) is 5.92 Å². The van der Waals surface area contributed by atoms with Crippen molar-refractivity contribution >= 4 is 21.4 Å². The van der Waals surface area contributed by atoms with Crippen LogP contribution in [-0.4, -0.2) is 27.8 Å². The minimum Gasteiger partial charge on any atom is -0.319 e. The number of hydrogen-bond donors (Lipinski definition) is 2. The van der Waals surface area contributed by atoms with E-state index in [-0.39, 0.29) is 17.7 Å².